The third kappa shape index (κ3) is 4.44. The second-order valence-electron chi connectivity index (χ2n) is 18.2. The molecule has 2 aliphatic heterocycles. The van der Waals surface area contributed by atoms with Crippen LogP contribution in [0.4, 0.5) is 17.1 Å². The molecule has 0 N–H and O–H groups in total. The molecule has 5 heterocycles. The standard InChI is InChI=1S/C52H42BN3S/c1-51(2,3)31-22-25-34(26-23-31)55-42-20-13-21-43-46(42)53(50-49(55)37-27-24-32(52(4,5)6)30-44(37)57-50)39-18-12-17-38-45-41(56(43)47(38)39)29-28-36-35-16-10-11-19-40(35)54(48(36)45)33-14-8-7-9-15-33/h7-30H,1-6H3. The number of thiophene rings is 1. The van der Waals surface area contributed by atoms with Crippen molar-refractivity contribution in [1.82, 2.24) is 9.13 Å². The minimum Gasteiger partial charge on any atom is -0.310 e. The lowest BCUT2D eigenvalue weighted by Crippen LogP contribution is -2.59. The highest BCUT2D eigenvalue weighted by Crippen LogP contribution is 2.48. The second-order valence-corrected chi connectivity index (χ2v) is 19.3. The van der Waals surface area contributed by atoms with E-state index in [1.807, 2.05) is 11.3 Å². The van der Waals surface area contributed by atoms with Gasteiger partial charge in [0.2, 0.25) is 0 Å². The van der Waals surface area contributed by atoms with Crippen LogP contribution in [0.15, 0.2) is 146 Å². The van der Waals surface area contributed by atoms with Crippen LogP contribution >= 0.6 is 11.3 Å². The average molecular weight is 752 g/mol. The number of rotatable bonds is 2. The molecule has 0 bridgehead atoms. The molecule has 2 aliphatic rings. The molecule has 0 unspecified atom stereocenters. The van der Waals surface area contributed by atoms with E-state index < -0.39 is 0 Å². The zero-order chi connectivity index (χ0) is 38.5. The second kappa shape index (κ2) is 11.3. The van der Waals surface area contributed by atoms with Crippen molar-refractivity contribution in [3.8, 4) is 11.4 Å². The Bertz CT molecular complexity index is 3310. The van der Waals surface area contributed by atoms with Crippen molar-refractivity contribution >= 4 is 105 Å². The Kier molecular flexibility index (Phi) is 6.57. The Morgan fingerprint density at radius 1 is 0.491 bits per heavy atom. The predicted octanol–water partition coefficient (Wildman–Crippen LogP) is 12.3. The van der Waals surface area contributed by atoms with Crippen LogP contribution < -0.4 is 20.6 Å². The van der Waals surface area contributed by atoms with Gasteiger partial charge >= 0.3 is 0 Å². The van der Waals surface area contributed by atoms with E-state index in [1.54, 1.807) is 0 Å². The number of hydrogen-bond donors (Lipinski definition) is 0. The van der Waals surface area contributed by atoms with Gasteiger partial charge in [-0.1, -0.05) is 133 Å². The number of anilines is 3. The van der Waals surface area contributed by atoms with E-state index in [0.29, 0.717) is 0 Å². The molecule has 0 spiro atoms. The molecule has 0 saturated carbocycles. The lowest BCUT2D eigenvalue weighted by molar-refractivity contribution is 0.590. The normalized spacial score (nSPS) is 13.7. The predicted molar refractivity (Wildman–Crippen MR) is 247 cm³/mol. The van der Waals surface area contributed by atoms with E-state index in [0.717, 1.165) is 0 Å². The molecule has 57 heavy (non-hydrogen) atoms. The van der Waals surface area contributed by atoms with Crippen LogP contribution in [-0.2, 0) is 10.8 Å². The lowest BCUT2D eigenvalue weighted by Gasteiger charge is -2.39. The number of fused-ring (bicyclic) bond motifs is 13. The molecule has 3 aromatic heterocycles. The molecule has 7 aromatic carbocycles. The van der Waals surface area contributed by atoms with Crippen LogP contribution in [-0.4, -0.2) is 15.8 Å². The van der Waals surface area contributed by atoms with E-state index in [4.69, 9.17) is 0 Å². The summed E-state index contributed by atoms with van der Waals surface area (Å²) >= 11 is 1.99. The van der Waals surface area contributed by atoms with Crippen molar-refractivity contribution in [1.29, 1.82) is 0 Å². The lowest BCUT2D eigenvalue weighted by atomic mass is 9.36. The average Bonchev–Trinajstić information content (AvgIpc) is 3.87. The van der Waals surface area contributed by atoms with Crippen molar-refractivity contribution in [2.24, 2.45) is 0 Å². The molecule has 0 radical (unpaired) electrons. The molecule has 274 valence electrons. The molecular formula is C52H42BN3S. The Hall–Kier alpha value is -6.04. The number of para-hydroxylation sites is 3. The van der Waals surface area contributed by atoms with Gasteiger partial charge in [0.25, 0.3) is 6.71 Å². The van der Waals surface area contributed by atoms with E-state index in [9.17, 15) is 0 Å². The van der Waals surface area contributed by atoms with Gasteiger partial charge in [0.05, 0.1) is 22.2 Å². The molecule has 0 atom stereocenters. The Balaban J connectivity index is 1.22. The summed E-state index contributed by atoms with van der Waals surface area (Å²) in [6.45, 7) is 14.0. The van der Waals surface area contributed by atoms with Crippen LogP contribution in [0.1, 0.15) is 52.7 Å². The van der Waals surface area contributed by atoms with Gasteiger partial charge in [0.15, 0.2) is 0 Å². The van der Waals surface area contributed by atoms with Crippen LogP contribution in [0.3, 0.4) is 0 Å². The number of aromatic nitrogens is 2. The van der Waals surface area contributed by atoms with Gasteiger partial charge < -0.3 is 14.0 Å². The highest BCUT2D eigenvalue weighted by Gasteiger charge is 2.44. The third-order valence-corrected chi connectivity index (χ3v) is 14.0. The van der Waals surface area contributed by atoms with E-state index in [2.05, 4.69) is 201 Å². The molecule has 3 nitrogen and oxygen atoms in total. The van der Waals surface area contributed by atoms with Crippen molar-refractivity contribution in [3.05, 3.63) is 157 Å². The Morgan fingerprint density at radius 2 is 1.18 bits per heavy atom. The molecule has 0 aliphatic carbocycles. The quantitative estimate of drug-likeness (QED) is 0.160. The van der Waals surface area contributed by atoms with Gasteiger partial charge in [-0.25, -0.2) is 0 Å². The van der Waals surface area contributed by atoms with Gasteiger partial charge in [-0.15, -0.1) is 11.3 Å². The maximum atomic E-state index is 2.60. The highest BCUT2D eigenvalue weighted by atomic mass is 32.1. The highest BCUT2D eigenvalue weighted by molar-refractivity contribution is 7.33. The topological polar surface area (TPSA) is 13.1 Å². The fraction of sp³-hybridized carbons (Fsp3) is 0.154. The fourth-order valence-corrected chi connectivity index (χ4v) is 11.5. The molecule has 10 aromatic rings. The largest absolute Gasteiger partial charge is 0.310 e. The summed E-state index contributed by atoms with van der Waals surface area (Å²) in [5, 5.41) is 6.50. The molecule has 0 amide bonds. The monoisotopic (exact) mass is 751 g/mol. The van der Waals surface area contributed by atoms with Crippen molar-refractivity contribution in [2.45, 2.75) is 52.4 Å². The minimum atomic E-state index is 0.0578. The molecular weight excluding hydrogens is 709 g/mol. The van der Waals surface area contributed by atoms with Crippen LogP contribution in [0.2, 0.25) is 0 Å². The Labute approximate surface area is 337 Å². The Morgan fingerprint density at radius 3 is 1.96 bits per heavy atom. The van der Waals surface area contributed by atoms with E-state index in [-0.39, 0.29) is 17.5 Å². The zero-order valence-electron chi connectivity index (χ0n) is 33.2. The summed E-state index contributed by atoms with van der Waals surface area (Å²) < 4.78 is 7.86. The SMILES string of the molecule is CC(C)(C)c1ccc(N2c3cccc4c3B(c3sc5cc(C(C)(C)C)ccc5c32)c2cccc3c5c(ccc6c7ccccc7n(-c7ccccc7)c65)n-4c23)cc1. The van der Waals surface area contributed by atoms with Crippen molar-refractivity contribution < 1.29 is 0 Å². The van der Waals surface area contributed by atoms with Crippen molar-refractivity contribution in [3.63, 3.8) is 0 Å². The zero-order valence-corrected chi connectivity index (χ0v) is 34.0. The van der Waals surface area contributed by atoms with Gasteiger partial charge in [-0.2, -0.15) is 0 Å². The number of hydrogen-bond acceptors (Lipinski definition) is 2. The number of benzene rings is 7. The van der Waals surface area contributed by atoms with Gasteiger partial charge in [0, 0.05) is 64.7 Å². The summed E-state index contributed by atoms with van der Waals surface area (Å²) in [6, 6.07) is 55.2. The first-order chi connectivity index (χ1) is 27.6. The molecule has 0 fully saturated rings. The first-order valence-corrected chi connectivity index (χ1v) is 21.0. The third-order valence-electron chi connectivity index (χ3n) is 12.8. The summed E-state index contributed by atoms with van der Waals surface area (Å²) in [4.78, 5) is 2.58. The first-order valence-electron chi connectivity index (χ1n) is 20.2. The van der Waals surface area contributed by atoms with E-state index in [1.165, 1.54) is 109 Å². The van der Waals surface area contributed by atoms with Gasteiger partial charge in [0.1, 0.15) is 0 Å². The smallest absolute Gasteiger partial charge is 0.264 e. The van der Waals surface area contributed by atoms with E-state index >= 15 is 0 Å². The summed E-state index contributed by atoms with van der Waals surface area (Å²) in [5.41, 5.74) is 16.9. The molecule has 0 saturated heterocycles. The summed E-state index contributed by atoms with van der Waals surface area (Å²) in [5.74, 6) is 0. The number of nitrogens with zero attached hydrogens (tertiary/aromatic N) is 3. The van der Waals surface area contributed by atoms with Gasteiger partial charge in [-0.05, 0) is 87.5 Å². The first kappa shape index (κ1) is 33.1. The molecule has 12 rings (SSSR count). The summed E-state index contributed by atoms with van der Waals surface area (Å²) in [7, 11) is 0. The maximum absolute atomic E-state index is 2.60. The van der Waals surface area contributed by atoms with Crippen LogP contribution in [0.5, 0.6) is 0 Å². The van der Waals surface area contributed by atoms with Crippen LogP contribution in [0.25, 0.3) is 65.1 Å². The fourth-order valence-electron chi connectivity index (χ4n) is 10.1. The molecule has 5 heteroatoms. The maximum Gasteiger partial charge on any atom is 0.264 e. The van der Waals surface area contributed by atoms with Gasteiger partial charge in [-0.3, -0.25) is 0 Å². The summed E-state index contributed by atoms with van der Waals surface area (Å²) in [6.07, 6.45) is 0. The van der Waals surface area contributed by atoms with Crippen molar-refractivity contribution in [2.75, 3.05) is 4.90 Å². The van der Waals surface area contributed by atoms with Crippen LogP contribution in [0, 0.1) is 0 Å². The minimum absolute atomic E-state index is 0.0578.